The molecule has 0 fully saturated rings. The van der Waals surface area contributed by atoms with E-state index in [-0.39, 0.29) is 17.6 Å². The minimum absolute atomic E-state index is 0.108. The van der Waals surface area contributed by atoms with E-state index in [2.05, 4.69) is 15.5 Å². The third-order valence-electron chi connectivity index (χ3n) is 4.22. The molecule has 5 N–H and O–H groups in total. The van der Waals surface area contributed by atoms with Crippen LogP contribution in [0.2, 0.25) is 5.02 Å². The van der Waals surface area contributed by atoms with Gasteiger partial charge in [-0.15, -0.1) is 5.10 Å². The monoisotopic (exact) mass is 373 g/mol. The van der Waals surface area contributed by atoms with Crippen molar-refractivity contribution in [3.63, 3.8) is 0 Å². The first-order valence-corrected chi connectivity index (χ1v) is 8.65. The maximum absolute atomic E-state index is 12.6. The quantitative estimate of drug-likeness (QED) is 0.433. The number of hydrogen-bond donors (Lipinski definition) is 3. The number of nitrogens with zero attached hydrogens (tertiary/aromatic N) is 2. The Labute approximate surface area is 156 Å². The van der Waals surface area contributed by atoms with Gasteiger partial charge in [-0.2, -0.15) is 5.10 Å². The van der Waals surface area contributed by atoms with Gasteiger partial charge in [-0.25, -0.2) is 0 Å². The number of guanidine groups is 1. The van der Waals surface area contributed by atoms with Gasteiger partial charge in [-0.1, -0.05) is 29.8 Å². The van der Waals surface area contributed by atoms with Gasteiger partial charge in [0.15, 0.2) is 5.76 Å². The molecule has 136 valence electrons. The third kappa shape index (κ3) is 3.72. The van der Waals surface area contributed by atoms with Crippen molar-refractivity contribution in [1.29, 1.82) is 0 Å². The summed E-state index contributed by atoms with van der Waals surface area (Å²) in [7, 11) is 0. The highest BCUT2D eigenvalue weighted by atomic mass is 35.5. The molecule has 2 aromatic rings. The minimum atomic E-state index is -0.294. The van der Waals surface area contributed by atoms with E-state index in [1.54, 1.807) is 6.07 Å². The highest BCUT2D eigenvalue weighted by molar-refractivity contribution is 6.31. The number of aryl methyl sites for hydroxylation is 1. The standard InChI is InChI=1S/C18H20ClN5O2/c1-10-15-13(23-24-18(20)21)7-4-8-14(15)26-16(10)17(25)22-9-11-5-2-3-6-12(11)19/h2-3,5-6H,4,7-9H2,1H3,(H,22,25)(H4,20,21,24)/b23-13+. The Hall–Kier alpha value is -2.80. The van der Waals surface area contributed by atoms with Crippen LogP contribution < -0.4 is 16.8 Å². The van der Waals surface area contributed by atoms with Crippen LogP contribution in [0.4, 0.5) is 0 Å². The second-order valence-corrected chi connectivity index (χ2v) is 6.46. The smallest absolute Gasteiger partial charge is 0.287 e. The molecule has 0 saturated carbocycles. The van der Waals surface area contributed by atoms with Gasteiger partial charge in [0.05, 0.1) is 5.71 Å². The summed E-state index contributed by atoms with van der Waals surface area (Å²) in [6.07, 6.45) is 2.33. The van der Waals surface area contributed by atoms with Crippen molar-refractivity contribution < 1.29 is 9.21 Å². The number of furan rings is 1. The number of nitrogens with two attached hydrogens (primary N) is 2. The van der Waals surface area contributed by atoms with Crippen LogP contribution in [0.1, 0.15) is 45.8 Å². The second-order valence-electron chi connectivity index (χ2n) is 6.05. The predicted molar refractivity (Wildman–Crippen MR) is 101 cm³/mol. The van der Waals surface area contributed by atoms with Crippen LogP contribution in [0.15, 0.2) is 38.9 Å². The molecule has 1 aromatic carbocycles. The molecule has 8 heteroatoms. The average molecular weight is 374 g/mol. The Morgan fingerprint density at radius 2 is 2.08 bits per heavy atom. The van der Waals surface area contributed by atoms with Gasteiger partial charge in [-0.05, 0) is 31.4 Å². The molecule has 0 atom stereocenters. The molecule has 1 amide bonds. The predicted octanol–water partition coefficient (Wildman–Crippen LogP) is 2.49. The second kappa shape index (κ2) is 7.61. The van der Waals surface area contributed by atoms with E-state index in [0.717, 1.165) is 47.4 Å². The SMILES string of the molecule is Cc1c(C(=O)NCc2ccccc2Cl)oc2c1/C(=N/N=C(N)N)CCC2. The lowest BCUT2D eigenvalue weighted by Crippen LogP contribution is -2.23. The van der Waals surface area contributed by atoms with Crippen LogP contribution in [-0.2, 0) is 13.0 Å². The number of nitrogens with one attached hydrogen (secondary N) is 1. The van der Waals surface area contributed by atoms with Gasteiger partial charge >= 0.3 is 0 Å². The van der Waals surface area contributed by atoms with Gasteiger partial charge in [0.25, 0.3) is 5.91 Å². The summed E-state index contributed by atoms with van der Waals surface area (Å²) in [6.45, 7) is 2.15. The Balaban J connectivity index is 1.83. The molecule has 0 bridgehead atoms. The van der Waals surface area contributed by atoms with Crippen LogP contribution in [-0.4, -0.2) is 17.6 Å². The van der Waals surface area contributed by atoms with Crippen molar-refractivity contribution in [3.05, 3.63) is 57.5 Å². The first-order chi connectivity index (χ1) is 12.5. The molecule has 0 spiro atoms. The number of hydrogen-bond acceptors (Lipinski definition) is 4. The van der Waals surface area contributed by atoms with Crippen molar-refractivity contribution >= 4 is 29.2 Å². The molecule has 1 aliphatic carbocycles. The van der Waals surface area contributed by atoms with Crippen LogP contribution in [0.5, 0.6) is 0 Å². The lowest BCUT2D eigenvalue weighted by Gasteiger charge is -2.11. The highest BCUT2D eigenvalue weighted by Gasteiger charge is 2.27. The zero-order valence-electron chi connectivity index (χ0n) is 14.4. The molecular formula is C18H20ClN5O2. The van der Waals surface area contributed by atoms with E-state index in [4.69, 9.17) is 27.5 Å². The normalized spacial score (nSPS) is 14.8. The molecule has 26 heavy (non-hydrogen) atoms. The molecule has 1 heterocycles. The molecule has 0 unspecified atom stereocenters. The summed E-state index contributed by atoms with van der Waals surface area (Å²) in [5.74, 6) is 0.615. The van der Waals surface area contributed by atoms with E-state index in [1.807, 2.05) is 25.1 Å². The summed E-state index contributed by atoms with van der Waals surface area (Å²) in [5.41, 5.74) is 13.8. The van der Waals surface area contributed by atoms with Crippen LogP contribution in [0, 0.1) is 6.92 Å². The van der Waals surface area contributed by atoms with Crippen molar-refractivity contribution in [2.24, 2.45) is 21.7 Å². The maximum atomic E-state index is 12.6. The molecule has 1 aromatic heterocycles. The van der Waals surface area contributed by atoms with E-state index >= 15 is 0 Å². The summed E-state index contributed by atoms with van der Waals surface area (Å²) >= 11 is 6.12. The Kier molecular flexibility index (Phi) is 5.27. The van der Waals surface area contributed by atoms with E-state index in [9.17, 15) is 4.79 Å². The van der Waals surface area contributed by atoms with Crippen LogP contribution in [0.25, 0.3) is 0 Å². The number of amides is 1. The maximum Gasteiger partial charge on any atom is 0.287 e. The fourth-order valence-corrected chi connectivity index (χ4v) is 3.20. The minimum Gasteiger partial charge on any atom is -0.455 e. The lowest BCUT2D eigenvalue weighted by molar-refractivity contribution is 0.0920. The average Bonchev–Trinajstić information content (AvgIpc) is 2.96. The van der Waals surface area contributed by atoms with Crippen molar-refractivity contribution in [3.8, 4) is 0 Å². The number of rotatable bonds is 4. The zero-order valence-corrected chi connectivity index (χ0v) is 15.1. The summed E-state index contributed by atoms with van der Waals surface area (Å²) in [6, 6.07) is 7.36. The van der Waals surface area contributed by atoms with Gasteiger partial charge in [-0.3, -0.25) is 4.79 Å². The summed E-state index contributed by atoms with van der Waals surface area (Å²) in [4.78, 5) is 12.6. The molecule has 0 radical (unpaired) electrons. The number of halogens is 1. The molecule has 3 rings (SSSR count). The Bertz CT molecular complexity index is 897. The summed E-state index contributed by atoms with van der Waals surface area (Å²) in [5, 5.41) is 11.3. The van der Waals surface area contributed by atoms with Gasteiger partial charge < -0.3 is 21.2 Å². The highest BCUT2D eigenvalue weighted by Crippen LogP contribution is 2.30. The molecule has 7 nitrogen and oxygen atoms in total. The largest absolute Gasteiger partial charge is 0.455 e. The third-order valence-corrected chi connectivity index (χ3v) is 4.58. The van der Waals surface area contributed by atoms with Crippen molar-refractivity contribution in [2.45, 2.75) is 32.7 Å². The number of carbonyl (C=O) groups is 1. The van der Waals surface area contributed by atoms with Gasteiger partial charge in [0, 0.05) is 29.1 Å². The molecule has 1 aliphatic rings. The van der Waals surface area contributed by atoms with E-state index in [1.165, 1.54) is 0 Å². The number of benzene rings is 1. The van der Waals surface area contributed by atoms with Gasteiger partial charge in [0.2, 0.25) is 5.96 Å². The van der Waals surface area contributed by atoms with Crippen molar-refractivity contribution in [1.82, 2.24) is 5.32 Å². The first-order valence-electron chi connectivity index (χ1n) is 8.27. The molecule has 0 aliphatic heterocycles. The van der Waals surface area contributed by atoms with Gasteiger partial charge in [0.1, 0.15) is 5.76 Å². The number of carbonyl (C=O) groups excluding carboxylic acids is 1. The van der Waals surface area contributed by atoms with E-state index < -0.39 is 0 Å². The zero-order chi connectivity index (χ0) is 18.7. The fraction of sp³-hybridized carbons (Fsp3) is 0.278. The lowest BCUT2D eigenvalue weighted by atomic mass is 9.93. The van der Waals surface area contributed by atoms with Crippen molar-refractivity contribution in [2.75, 3.05) is 0 Å². The molecule has 0 saturated heterocycles. The Morgan fingerprint density at radius 1 is 1.31 bits per heavy atom. The van der Waals surface area contributed by atoms with E-state index in [0.29, 0.717) is 11.6 Å². The van der Waals surface area contributed by atoms with Crippen LogP contribution in [0.3, 0.4) is 0 Å². The Morgan fingerprint density at radius 3 is 2.81 bits per heavy atom. The topological polar surface area (TPSA) is 119 Å². The van der Waals surface area contributed by atoms with Crippen LogP contribution >= 0.6 is 11.6 Å². The summed E-state index contributed by atoms with van der Waals surface area (Å²) < 4.78 is 5.82. The molecular weight excluding hydrogens is 354 g/mol. The fourth-order valence-electron chi connectivity index (χ4n) is 3.00. The number of fused-ring (bicyclic) bond motifs is 1. The first kappa shape index (κ1) is 18.0.